The van der Waals surface area contributed by atoms with Crippen molar-refractivity contribution in [2.75, 3.05) is 13.2 Å². The molecule has 0 radical (unpaired) electrons. The molecule has 0 spiro atoms. The van der Waals surface area contributed by atoms with Gasteiger partial charge in [0.15, 0.2) is 0 Å². The molecule has 0 aromatic heterocycles. The van der Waals surface area contributed by atoms with Gasteiger partial charge >= 0.3 is 0 Å². The van der Waals surface area contributed by atoms with Gasteiger partial charge in [0.05, 0.1) is 0 Å². The molecule has 3 heteroatoms. The molecule has 1 aromatic rings. The van der Waals surface area contributed by atoms with Crippen molar-refractivity contribution in [3.63, 3.8) is 0 Å². The highest BCUT2D eigenvalue weighted by atomic mass is 19.1. The van der Waals surface area contributed by atoms with Crippen molar-refractivity contribution in [1.82, 2.24) is 5.32 Å². The maximum Gasteiger partial charge on any atom is 0.132 e. The number of rotatable bonds is 5. The zero-order valence-corrected chi connectivity index (χ0v) is 7.96. The lowest BCUT2D eigenvalue weighted by molar-refractivity contribution is 0.288. The molecular formula is C11H14FNO. The summed E-state index contributed by atoms with van der Waals surface area (Å²) in [5, 5.41) is 11.5. The van der Waals surface area contributed by atoms with E-state index in [2.05, 4.69) is 11.9 Å². The Morgan fingerprint density at radius 2 is 2.14 bits per heavy atom. The molecule has 0 saturated carbocycles. The van der Waals surface area contributed by atoms with Crippen LogP contribution in [0.25, 0.3) is 5.70 Å². The van der Waals surface area contributed by atoms with Crippen LogP contribution in [0.1, 0.15) is 12.0 Å². The van der Waals surface area contributed by atoms with Gasteiger partial charge in [0.2, 0.25) is 0 Å². The summed E-state index contributed by atoms with van der Waals surface area (Å²) in [6, 6.07) is 6.47. The predicted octanol–water partition coefficient (Wildman–Crippen LogP) is 1.77. The van der Waals surface area contributed by atoms with Crippen LogP contribution in [0, 0.1) is 5.82 Å². The Labute approximate surface area is 83.1 Å². The quantitative estimate of drug-likeness (QED) is 0.702. The minimum absolute atomic E-state index is 0.123. The average molecular weight is 195 g/mol. The van der Waals surface area contributed by atoms with Gasteiger partial charge in [-0.05, 0) is 18.6 Å². The van der Waals surface area contributed by atoms with E-state index >= 15 is 0 Å². The van der Waals surface area contributed by atoms with Crippen molar-refractivity contribution >= 4 is 5.70 Å². The Hall–Kier alpha value is -1.35. The molecule has 0 bridgehead atoms. The van der Waals surface area contributed by atoms with Gasteiger partial charge in [-0.25, -0.2) is 4.39 Å². The highest BCUT2D eigenvalue weighted by Crippen LogP contribution is 2.13. The first-order valence-electron chi connectivity index (χ1n) is 4.54. The molecule has 14 heavy (non-hydrogen) atoms. The largest absolute Gasteiger partial charge is 0.396 e. The summed E-state index contributed by atoms with van der Waals surface area (Å²) in [5.74, 6) is -0.283. The van der Waals surface area contributed by atoms with Crippen LogP contribution in [0.4, 0.5) is 4.39 Å². The second kappa shape index (κ2) is 5.40. The van der Waals surface area contributed by atoms with Gasteiger partial charge in [0.1, 0.15) is 5.82 Å². The van der Waals surface area contributed by atoms with Crippen LogP contribution >= 0.6 is 0 Å². The lowest BCUT2D eigenvalue weighted by Gasteiger charge is -2.09. The van der Waals surface area contributed by atoms with E-state index in [1.54, 1.807) is 18.2 Å². The predicted molar refractivity (Wildman–Crippen MR) is 55.1 cm³/mol. The van der Waals surface area contributed by atoms with Crippen LogP contribution in [-0.2, 0) is 0 Å². The molecule has 0 aliphatic carbocycles. The van der Waals surface area contributed by atoms with Crippen molar-refractivity contribution in [1.29, 1.82) is 0 Å². The van der Waals surface area contributed by atoms with Crippen molar-refractivity contribution in [2.45, 2.75) is 6.42 Å². The zero-order chi connectivity index (χ0) is 10.4. The Kier molecular flexibility index (Phi) is 4.13. The maximum absolute atomic E-state index is 13.2. The third-order valence-corrected chi connectivity index (χ3v) is 1.87. The van der Waals surface area contributed by atoms with Gasteiger partial charge in [0, 0.05) is 24.4 Å². The molecule has 0 atom stereocenters. The number of hydrogen-bond donors (Lipinski definition) is 2. The van der Waals surface area contributed by atoms with Gasteiger partial charge in [-0.1, -0.05) is 18.7 Å². The summed E-state index contributed by atoms with van der Waals surface area (Å²) in [6.45, 7) is 4.45. The number of hydrogen-bond acceptors (Lipinski definition) is 2. The van der Waals surface area contributed by atoms with E-state index in [-0.39, 0.29) is 12.4 Å². The van der Waals surface area contributed by atoms with E-state index in [0.717, 1.165) is 0 Å². The minimum atomic E-state index is -0.283. The SMILES string of the molecule is C=C(NCCCO)c1ccccc1F. The third-order valence-electron chi connectivity index (χ3n) is 1.87. The third kappa shape index (κ3) is 2.85. The first-order chi connectivity index (χ1) is 6.75. The van der Waals surface area contributed by atoms with E-state index in [1.165, 1.54) is 6.07 Å². The Morgan fingerprint density at radius 1 is 1.43 bits per heavy atom. The van der Waals surface area contributed by atoms with Crippen LogP contribution < -0.4 is 5.32 Å². The summed E-state index contributed by atoms with van der Waals surface area (Å²) < 4.78 is 13.2. The second-order valence-corrected chi connectivity index (χ2v) is 2.96. The van der Waals surface area contributed by atoms with E-state index in [0.29, 0.717) is 24.2 Å². The number of aliphatic hydroxyl groups is 1. The highest BCUT2D eigenvalue weighted by molar-refractivity contribution is 5.61. The molecule has 0 aliphatic heterocycles. The average Bonchev–Trinajstić information content (AvgIpc) is 2.18. The molecule has 0 amide bonds. The Bertz CT molecular complexity index is 312. The number of halogens is 1. The highest BCUT2D eigenvalue weighted by Gasteiger charge is 2.03. The van der Waals surface area contributed by atoms with Crippen molar-refractivity contribution in [2.24, 2.45) is 0 Å². The van der Waals surface area contributed by atoms with Gasteiger partial charge in [-0.15, -0.1) is 0 Å². The van der Waals surface area contributed by atoms with E-state index in [9.17, 15) is 4.39 Å². The molecule has 2 nitrogen and oxygen atoms in total. The van der Waals surface area contributed by atoms with Gasteiger partial charge in [0.25, 0.3) is 0 Å². The molecule has 76 valence electrons. The van der Waals surface area contributed by atoms with E-state index < -0.39 is 0 Å². The second-order valence-electron chi connectivity index (χ2n) is 2.96. The van der Waals surface area contributed by atoms with Crippen LogP contribution in [0.5, 0.6) is 0 Å². The van der Waals surface area contributed by atoms with Crippen LogP contribution in [0.2, 0.25) is 0 Å². The molecule has 0 aliphatic rings. The lowest BCUT2D eigenvalue weighted by atomic mass is 10.1. The fourth-order valence-corrected chi connectivity index (χ4v) is 1.12. The van der Waals surface area contributed by atoms with Gasteiger partial charge < -0.3 is 10.4 Å². The summed E-state index contributed by atoms with van der Waals surface area (Å²) in [6.07, 6.45) is 0.632. The molecule has 0 saturated heterocycles. The van der Waals surface area contributed by atoms with Gasteiger partial charge in [-0.3, -0.25) is 0 Å². The number of benzene rings is 1. The summed E-state index contributed by atoms with van der Waals surface area (Å²) in [7, 11) is 0. The first-order valence-corrected chi connectivity index (χ1v) is 4.54. The molecule has 0 unspecified atom stereocenters. The van der Waals surface area contributed by atoms with Crippen LogP contribution in [-0.4, -0.2) is 18.3 Å². The van der Waals surface area contributed by atoms with Crippen molar-refractivity contribution in [3.05, 3.63) is 42.2 Å². The number of nitrogens with one attached hydrogen (secondary N) is 1. The Balaban J connectivity index is 2.56. The van der Waals surface area contributed by atoms with Crippen molar-refractivity contribution < 1.29 is 9.50 Å². The zero-order valence-electron chi connectivity index (χ0n) is 7.96. The maximum atomic E-state index is 13.2. The van der Waals surface area contributed by atoms with Crippen LogP contribution in [0.15, 0.2) is 30.8 Å². The normalized spacial score (nSPS) is 9.86. The summed E-state index contributed by atoms with van der Waals surface area (Å²) >= 11 is 0. The van der Waals surface area contributed by atoms with E-state index in [4.69, 9.17) is 5.11 Å². The molecule has 1 rings (SSSR count). The monoisotopic (exact) mass is 195 g/mol. The standard InChI is InChI=1S/C11H14FNO/c1-9(13-7-4-8-14)10-5-2-3-6-11(10)12/h2-3,5-6,13-14H,1,4,7-8H2. The molecule has 2 N–H and O–H groups in total. The molecule has 0 heterocycles. The summed E-state index contributed by atoms with van der Waals surface area (Å²) in [4.78, 5) is 0. The minimum Gasteiger partial charge on any atom is -0.396 e. The lowest BCUT2D eigenvalue weighted by Crippen LogP contribution is -2.14. The molecule has 1 aromatic carbocycles. The smallest absolute Gasteiger partial charge is 0.132 e. The molecule has 0 fully saturated rings. The first kappa shape index (κ1) is 10.7. The van der Waals surface area contributed by atoms with E-state index in [1.807, 2.05) is 0 Å². The van der Waals surface area contributed by atoms with Gasteiger partial charge in [-0.2, -0.15) is 0 Å². The fourth-order valence-electron chi connectivity index (χ4n) is 1.12. The number of aliphatic hydroxyl groups excluding tert-OH is 1. The topological polar surface area (TPSA) is 32.3 Å². The fraction of sp³-hybridized carbons (Fsp3) is 0.273. The molecular weight excluding hydrogens is 181 g/mol. The summed E-state index contributed by atoms with van der Waals surface area (Å²) in [5.41, 5.74) is 1.03. The Morgan fingerprint density at radius 3 is 2.79 bits per heavy atom. The van der Waals surface area contributed by atoms with Crippen LogP contribution in [0.3, 0.4) is 0 Å². The van der Waals surface area contributed by atoms with Crippen molar-refractivity contribution in [3.8, 4) is 0 Å².